The maximum absolute atomic E-state index is 13.5. The second kappa shape index (κ2) is 5.07. The van der Waals surface area contributed by atoms with Crippen LogP contribution in [0.2, 0.25) is 0 Å². The molecule has 0 bridgehead atoms. The van der Waals surface area contributed by atoms with Gasteiger partial charge in [-0.2, -0.15) is 0 Å². The summed E-state index contributed by atoms with van der Waals surface area (Å²) in [6.07, 6.45) is 0.550. The second-order valence-electron chi connectivity index (χ2n) is 4.68. The van der Waals surface area contributed by atoms with Crippen molar-refractivity contribution in [2.45, 2.75) is 12.5 Å². The van der Waals surface area contributed by atoms with E-state index in [0.29, 0.717) is 19.0 Å². The van der Waals surface area contributed by atoms with Gasteiger partial charge in [0.2, 0.25) is 0 Å². The zero-order valence-electron chi connectivity index (χ0n) is 10.5. The fraction of sp³-hybridized carbons (Fsp3) is 0.200. The molecule has 0 saturated carbocycles. The summed E-state index contributed by atoms with van der Waals surface area (Å²) in [5.74, 6) is -2.29. The van der Waals surface area contributed by atoms with Gasteiger partial charge in [-0.05, 0) is 11.6 Å². The van der Waals surface area contributed by atoms with Gasteiger partial charge in [0.05, 0.1) is 12.2 Å². The predicted octanol–water partition coefficient (Wildman–Crippen LogP) is 3.52. The van der Waals surface area contributed by atoms with E-state index in [2.05, 4.69) is 5.32 Å². The van der Waals surface area contributed by atoms with Gasteiger partial charge in [0.15, 0.2) is 11.6 Å². The summed E-state index contributed by atoms with van der Waals surface area (Å²) in [6.45, 7) is 0.316. The minimum atomic E-state index is -1.20. The zero-order valence-corrected chi connectivity index (χ0v) is 10.5. The van der Waals surface area contributed by atoms with Crippen LogP contribution in [-0.4, -0.2) is 12.6 Å². The van der Waals surface area contributed by atoms with Gasteiger partial charge >= 0.3 is 0 Å². The molecule has 2 nitrogen and oxygen atoms in total. The molecule has 1 heterocycles. The third-order valence-electron chi connectivity index (χ3n) is 3.24. The van der Waals surface area contributed by atoms with Crippen molar-refractivity contribution in [1.29, 1.82) is 0 Å². The lowest BCUT2D eigenvalue weighted by atomic mass is 10.1. The Balaban J connectivity index is 1.66. The topological polar surface area (TPSA) is 21.3 Å². The van der Waals surface area contributed by atoms with Crippen molar-refractivity contribution in [2.75, 3.05) is 11.9 Å². The van der Waals surface area contributed by atoms with Crippen LogP contribution in [0.4, 0.5) is 18.9 Å². The predicted molar refractivity (Wildman–Crippen MR) is 69.4 cm³/mol. The number of para-hydroxylation sites is 1. The van der Waals surface area contributed by atoms with Gasteiger partial charge in [-0.15, -0.1) is 0 Å². The average Bonchev–Trinajstić information content (AvgIpc) is 2.84. The molecular weight excluding hydrogens is 267 g/mol. The molecule has 104 valence electrons. The first-order valence-corrected chi connectivity index (χ1v) is 6.26. The van der Waals surface area contributed by atoms with E-state index in [-0.39, 0.29) is 11.8 Å². The maximum Gasteiger partial charge on any atom is 0.161 e. The number of benzene rings is 2. The molecule has 0 radical (unpaired) electrons. The lowest BCUT2D eigenvalue weighted by Crippen LogP contribution is -2.24. The number of hydrogen-bond donors (Lipinski definition) is 1. The molecule has 3 rings (SSSR count). The lowest BCUT2D eigenvalue weighted by molar-refractivity contribution is 0.246. The number of halogens is 3. The Labute approximate surface area is 114 Å². The first-order valence-electron chi connectivity index (χ1n) is 6.26. The number of nitrogens with one attached hydrogen (secondary N) is 1. The van der Waals surface area contributed by atoms with E-state index < -0.39 is 17.5 Å². The quantitative estimate of drug-likeness (QED) is 0.868. The van der Waals surface area contributed by atoms with E-state index in [1.54, 1.807) is 0 Å². The molecule has 0 fully saturated rings. The van der Waals surface area contributed by atoms with Gasteiger partial charge in [0.25, 0.3) is 0 Å². The first kappa shape index (κ1) is 12.8. The third-order valence-corrected chi connectivity index (χ3v) is 3.24. The molecule has 0 aliphatic carbocycles. The van der Waals surface area contributed by atoms with Crippen LogP contribution >= 0.6 is 0 Å². The second-order valence-corrected chi connectivity index (χ2v) is 4.68. The minimum absolute atomic E-state index is 0.0662. The highest BCUT2D eigenvalue weighted by Gasteiger charge is 2.22. The summed E-state index contributed by atoms with van der Waals surface area (Å²) in [5.41, 5.74) is 1.02. The number of rotatable bonds is 3. The summed E-state index contributed by atoms with van der Waals surface area (Å²) >= 11 is 0. The Morgan fingerprint density at radius 2 is 1.80 bits per heavy atom. The van der Waals surface area contributed by atoms with Gasteiger partial charge in [0, 0.05) is 18.6 Å². The van der Waals surface area contributed by atoms with E-state index in [1.807, 2.05) is 24.3 Å². The number of ether oxygens (including phenoxy) is 1. The maximum atomic E-state index is 13.5. The number of fused-ring (bicyclic) bond motifs is 1. The highest BCUT2D eigenvalue weighted by molar-refractivity contribution is 5.46. The number of anilines is 1. The highest BCUT2D eigenvalue weighted by Crippen LogP contribution is 2.28. The van der Waals surface area contributed by atoms with Crippen molar-refractivity contribution >= 4 is 5.69 Å². The molecule has 5 heteroatoms. The van der Waals surface area contributed by atoms with Crippen molar-refractivity contribution in [2.24, 2.45) is 0 Å². The van der Waals surface area contributed by atoms with Crippen LogP contribution < -0.4 is 10.1 Å². The molecule has 2 aromatic rings. The molecule has 1 unspecified atom stereocenters. The van der Waals surface area contributed by atoms with Gasteiger partial charge in [-0.1, -0.05) is 18.2 Å². The summed E-state index contributed by atoms with van der Waals surface area (Å²) in [7, 11) is 0. The lowest BCUT2D eigenvalue weighted by Gasteiger charge is -2.13. The molecule has 2 aromatic carbocycles. The van der Waals surface area contributed by atoms with Crippen molar-refractivity contribution in [3.63, 3.8) is 0 Å². The molecule has 0 spiro atoms. The molecule has 1 N–H and O–H groups in total. The molecule has 0 aromatic heterocycles. The van der Waals surface area contributed by atoms with Gasteiger partial charge in [-0.25, -0.2) is 13.2 Å². The van der Waals surface area contributed by atoms with Crippen LogP contribution in [0.3, 0.4) is 0 Å². The largest absolute Gasteiger partial charge is 0.488 e. The van der Waals surface area contributed by atoms with Gasteiger partial charge < -0.3 is 10.1 Å². The van der Waals surface area contributed by atoms with Crippen LogP contribution in [0.25, 0.3) is 0 Å². The fourth-order valence-electron chi connectivity index (χ4n) is 2.25. The van der Waals surface area contributed by atoms with E-state index in [0.717, 1.165) is 17.4 Å². The van der Waals surface area contributed by atoms with Crippen molar-refractivity contribution in [3.05, 3.63) is 59.4 Å². The van der Waals surface area contributed by atoms with Crippen molar-refractivity contribution in [1.82, 2.24) is 0 Å². The molecular formula is C15H12F3NO. The third kappa shape index (κ3) is 2.43. The average molecular weight is 279 g/mol. The standard InChI is InChI=1S/C15H12F3NO/c16-11-6-13(18)14(7-12(11)17)19-8-10-5-9-3-1-2-4-15(9)20-10/h1-4,6-7,10,19H,5,8H2. The fourth-order valence-corrected chi connectivity index (χ4v) is 2.25. The Bertz CT molecular complexity index is 620. The Kier molecular flexibility index (Phi) is 3.26. The Hall–Kier alpha value is -2.17. The van der Waals surface area contributed by atoms with Gasteiger partial charge in [0.1, 0.15) is 17.7 Å². The summed E-state index contributed by atoms with van der Waals surface area (Å²) in [6, 6.07) is 8.98. The highest BCUT2D eigenvalue weighted by atomic mass is 19.2. The van der Waals surface area contributed by atoms with Crippen LogP contribution in [-0.2, 0) is 6.42 Å². The van der Waals surface area contributed by atoms with Gasteiger partial charge in [-0.3, -0.25) is 0 Å². The smallest absolute Gasteiger partial charge is 0.161 e. The minimum Gasteiger partial charge on any atom is -0.488 e. The molecule has 1 aliphatic heterocycles. The molecule has 1 atom stereocenters. The van der Waals surface area contributed by atoms with E-state index in [9.17, 15) is 13.2 Å². The van der Waals surface area contributed by atoms with Crippen LogP contribution in [0, 0.1) is 17.5 Å². The van der Waals surface area contributed by atoms with Crippen LogP contribution in [0.5, 0.6) is 5.75 Å². The van der Waals surface area contributed by atoms with E-state index in [1.165, 1.54) is 0 Å². The van der Waals surface area contributed by atoms with E-state index >= 15 is 0 Å². The van der Waals surface area contributed by atoms with E-state index in [4.69, 9.17) is 4.74 Å². The van der Waals surface area contributed by atoms with Crippen LogP contribution in [0.15, 0.2) is 36.4 Å². The van der Waals surface area contributed by atoms with Crippen molar-refractivity contribution in [3.8, 4) is 5.75 Å². The summed E-state index contributed by atoms with van der Waals surface area (Å²) in [5, 5.41) is 2.75. The SMILES string of the molecule is Fc1cc(F)c(NCC2Cc3ccccc3O2)cc1F. The molecule has 0 amide bonds. The van der Waals surface area contributed by atoms with Crippen LogP contribution in [0.1, 0.15) is 5.56 Å². The molecule has 1 aliphatic rings. The zero-order chi connectivity index (χ0) is 14.1. The monoisotopic (exact) mass is 279 g/mol. The Morgan fingerprint density at radius 3 is 2.60 bits per heavy atom. The molecule has 20 heavy (non-hydrogen) atoms. The number of hydrogen-bond acceptors (Lipinski definition) is 2. The normalized spacial score (nSPS) is 16.6. The summed E-state index contributed by atoms with van der Waals surface area (Å²) in [4.78, 5) is 0. The van der Waals surface area contributed by atoms with Crippen molar-refractivity contribution < 1.29 is 17.9 Å². The Morgan fingerprint density at radius 1 is 1.05 bits per heavy atom. The summed E-state index contributed by atoms with van der Waals surface area (Å²) < 4.78 is 45.0. The first-order chi connectivity index (χ1) is 9.63. The molecule has 0 saturated heterocycles.